The van der Waals surface area contributed by atoms with Crippen LogP contribution in [-0.4, -0.2) is 76.2 Å². The molecule has 10 nitrogen and oxygen atoms in total. The maximum atomic E-state index is 12.9. The van der Waals surface area contributed by atoms with Crippen molar-refractivity contribution in [2.45, 2.75) is 19.3 Å². The molecule has 4 rings (SSSR count). The van der Waals surface area contributed by atoms with E-state index < -0.39 is 11.9 Å². The second-order valence-electron chi connectivity index (χ2n) is 9.92. The summed E-state index contributed by atoms with van der Waals surface area (Å²) >= 11 is 6.35. The minimum absolute atomic E-state index is 0.152. The number of nitrogens with one attached hydrogen (secondary N) is 3. The zero-order chi connectivity index (χ0) is 30.6. The van der Waals surface area contributed by atoms with Crippen LogP contribution in [0.25, 0.3) is 5.70 Å². The number of hydrogen-bond acceptors (Lipinski definition) is 9. The van der Waals surface area contributed by atoms with Gasteiger partial charge in [0.05, 0.1) is 44.6 Å². The molecule has 2 aliphatic rings. The number of benzene rings is 2. The molecule has 0 unspecified atom stereocenters. The maximum Gasteiger partial charge on any atom is 0.339 e. The van der Waals surface area contributed by atoms with Crippen molar-refractivity contribution in [2.24, 2.45) is 0 Å². The third-order valence-corrected chi connectivity index (χ3v) is 7.25. The fourth-order valence-corrected chi connectivity index (χ4v) is 4.87. The first-order chi connectivity index (χ1) is 20.9. The summed E-state index contributed by atoms with van der Waals surface area (Å²) in [7, 11) is 3.16. The Hall–Kier alpha value is -4.12. The molecule has 0 spiro atoms. The Morgan fingerprint density at radius 2 is 1.91 bits per heavy atom. The summed E-state index contributed by atoms with van der Waals surface area (Å²) < 4.78 is 21.5. The SMILES string of the molecule is COc1ccc(/C2=C/C=C\CC/C(=C/C(=N)C(=O)Nc3ccc(C(=O)OCCCN4CCOCC4)c(Cl)c3)N2)cc1OC. The van der Waals surface area contributed by atoms with Crippen LogP contribution < -0.4 is 20.1 Å². The Bertz CT molecular complexity index is 1410. The van der Waals surface area contributed by atoms with Crippen LogP contribution in [0.3, 0.4) is 0 Å². The average molecular weight is 609 g/mol. The van der Waals surface area contributed by atoms with Crippen molar-refractivity contribution in [3.8, 4) is 11.5 Å². The predicted octanol–water partition coefficient (Wildman–Crippen LogP) is 5.06. The van der Waals surface area contributed by atoms with Gasteiger partial charge in [-0.2, -0.15) is 0 Å². The van der Waals surface area contributed by atoms with E-state index in [4.69, 9.17) is 36.0 Å². The summed E-state index contributed by atoms with van der Waals surface area (Å²) in [6.07, 6.45) is 9.48. The molecule has 3 N–H and O–H groups in total. The van der Waals surface area contributed by atoms with Gasteiger partial charge in [-0.1, -0.05) is 23.8 Å². The summed E-state index contributed by atoms with van der Waals surface area (Å²) in [6.45, 7) is 4.33. The van der Waals surface area contributed by atoms with Crippen LogP contribution in [0.4, 0.5) is 5.69 Å². The van der Waals surface area contributed by atoms with Crippen LogP contribution in [0.2, 0.25) is 5.02 Å². The van der Waals surface area contributed by atoms with Gasteiger partial charge in [-0.15, -0.1) is 0 Å². The van der Waals surface area contributed by atoms with Crippen LogP contribution in [-0.2, 0) is 14.3 Å². The van der Waals surface area contributed by atoms with E-state index in [1.807, 2.05) is 36.4 Å². The predicted molar refractivity (Wildman–Crippen MR) is 167 cm³/mol. The Morgan fingerprint density at radius 1 is 1.12 bits per heavy atom. The van der Waals surface area contributed by atoms with E-state index in [1.165, 1.54) is 18.2 Å². The fourth-order valence-electron chi connectivity index (χ4n) is 4.61. The summed E-state index contributed by atoms with van der Waals surface area (Å²) in [4.78, 5) is 27.7. The highest BCUT2D eigenvalue weighted by atomic mass is 35.5. The van der Waals surface area contributed by atoms with Gasteiger partial charge in [-0.3, -0.25) is 15.1 Å². The second-order valence-corrected chi connectivity index (χ2v) is 10.3. The minimum atomic E-state index is -0.613. The first kappa shape index (κ1) is 31.8. The van der Waals surface area contributed by atoms with Crippen molar-refractivity contribution in [3.05, 3.63) is 82.5 Å². The first-order valence-corrected chi connectivity index (χ1v) is 14.5. The van der Waals surface area contributed by atoms with Gasteiger partial charge < -0.3 is 29.6 Å². The Morgan fingerprint density at radius 3 is 2.65 bits per heavy atom. The Kier molecular flexibility index (Phi) is 11.8. The van der Waals surface area contributed by atoms with Crippen molar-refractivity contribution >= 4 is 40.6 Å². The highest BCUT2D eigenvalue weighted by Crippen LogP contribution is 2.30. The van der Waals surface area contributed by atoms with E-state index in [9.17, 15) is 9.59 Å². The average Bonchev–Trinajstić information content (AvgIpc) is 3.00. The fraction of sp³-hybridized carbons (Fsp3) is 0.344. The number of carbonyl (C=O) groups is 2. The molecule has 11 heteroatoms. The molecule has 228 valence electrons. The summed E-state index contributed by atoms with van der Waals surface area (Å²) in [5.74, 6) is 0.0724. The zero-order valence-electron chi connectivity index (χ0n) is 24.4. The molecular weight excluding hydrogens is 572 g/mol. The molecule has 1 amide bonds. The van der Waals surface area contributed by atoms with Gasteiger partial charge >= 0.3 is 5.97 Å². The summed E-state index contributed by atoms with van der Waals surface area (Å²) in [5.41, 5.74) is 2.68. The number of nitrogens with zero attached hydrogens (tertiary/aromatic N) is 1. The van der Waals surface area contributed by atoms with Gasteiger partial charge in [0.2, 0.25) is 0 Å². The van der Waals surface area contributed by atoms with Crippen molar-refractivity contribution in [2.75, 3.05) is 59.0 Å². The third kappa shape index (κ3) is 9.18. The zero-order valence-corrected chi connectivity index (χ0v) is 25.2. The molecule has 0 aliphatic carbocycles. The van der Waals surface area contributed by atoms with E-state index in [2.05, 4.69) is 15.5 Å². The Balaban J connectivity index is 1.34. The number of halogens is 1. The monoisotopic (exact) mass is 608 g/mol. The number of rotatable bonds is 11. The highest BCUT2D eigenvalue weighted by Gasteiger charge is 2.17. The molecule has 2 aromatic rings. The topological polar surface area (TPSA) is 122 Å². The third-order valence-electron chi connectivity index (χ3n) is 6.93. The molecule has 0 radical (unpaired) electrons. The molecule has 2 aromatic carbocycles. The number of ether oxygens (including phenoxy) is 4. The number of methoxy groups -OCH3 is 2. The molecule has 1 fully saturated rings. The van der Waals surface area contributed by atoms with E-state index >= 15 is 0 Å². The highest BCUT2D eigenvalue weighted by molar-refractivity contribution is 6.46. The standard InChI is InChI=1S/C32H37ClN4O6/c1-40-29-12-9-22(19-30(29)41-2)28-8-5-3-4-7-23(35-28)21-27(34)31(38)36-24-10-11-25(26(33)20-24)32(39)43-16-6-13-37-14-17-42-18-15-37/h3,5,8-12,19-21,34-35H,4,6-7,13-18H2,1-2H3,(H,36,38)/b5-3-,23-21-,28-8-,34-27?. The maximum absolute atomic E-state index is 12.9. The van der Waals surface area contributed by atoms with Gasteiger partial charge in [-0.25, -0.2) is 4.79 Å². The molecule has 0 saturated carbocycles. The number of morpholine rings is 1. The number of esters is 1. The molecule has 0 aromatic heterocycles. The molecule has 2 heterocycles. The van der Waals surface area contributed by atoms with E-state index in [0.29, 0.717) is 35.7 Å². The number of anilines is 1. The van der Waals surface area contributed by atoms with Crippen LogP contribution in [0.1, 0.15) is 35.2 Å². The van der Waals surface area contributed by atoms with Crippen molar-refractivity contribution < 1.29 is 28.5 Å². The summed E-state index contributed by atoms with van der Waals surface area (Å²) in [6, 6.07) is 10.1. The van der Waals surface area contributed by atoms with Gasteiger partial charge in [0.25, 0.3) is 5.91 Å². The number of hydrogen-bond donors (Lipinski definition) is 3. The second kappa shape index (κ2) is 15.9. The molecular formula is C32H37ClN4O6. The molecule has 1 saturated heterocycles. The quantitative estimate of drug-likeness (QED) is 0.184. The van der Waals surface area contributed by atoms with Crippen LogP contribution in [0, 0.1) is 5.41 Å². The van der Waals surface area contributed by atoms with Crippen LogP contribution in [0.5, 0.6) is 11.5 Å². The van der Waals surface area contributed by atoms with Gasteiger partial charge in [0.15, 0.2) is 11.5 Å². The smallest absolute Gasteiger partial charge is 0.339 e. The van der Waals surface area contributed by atoms with Crippen molar-refractivity contribution in [1.29, 1.82) is 5.41 Å². The van der Waals surface area contributed by atoms with E-state index in [1.54, 1.807) is 20.3 Å². The normalized spacial score (nSPS) is 18.3. The largest absolute Gasteiger partial charge is 0.493 e. The van der Waals surface area contributed by atoms with E-state index in [-0.39, 0.29) is 22.9 Å². The lowest BCUT2D eigenvalue weighted by molar-refractivity contribution is -0.110. The lowest BCUT2D eigenvalue weighted by atomic mass is 10.1. The lowest BCUT2D eigenvalue weighted by Gasteiger charge is -2.26. The van der Waals surface area contributed by atoms with Crippen LogP contribution in [0.15, 0.2) is 66.4 Å². The molecule has 0 atom stereocenters. The number of allylic oxidation sites excluding steroid dienone is 4. The van der Waals surface area contributed by atoms with Crippen molar-refractivity contribution in [1.82, 2.24) is 10.2 Å². The first-order valence-electron chi connectivity index (χ1n) is 14.1. The Labute approximate surface area is 256 Å². The molecule has 43 heavy (non-hydrogen) atoms. The summed E-state index contributed by atoms with van der Waals surface area (Å²) in [5, 5.41) is 14.6. The van der Waals surface area contributed by atoms with Crippen LogP contribution >= 0.6 is 11.6 Å². The van der Waals surface area contributed by atoms with Gasteiger partial charge in [-0.05, 0) is 67.8 Å². The lowest BCUT2D eigenvalue weighted by Crippen LogP contribution is -2.37. The number of amides is 1. The molecule has 2 aliphatic heterocycles. The van der Waals surface area contributed by atoms with Gasteiger partial charge in [0.1, 0.15) is 5.71 Å². The minimum Gasteiger partial charge on any atom is -0.493 e. The van der Waals surface area contributed by atoms with Gasteiger partial charge in [0, 0.05) is 42.3 Å². The van der Waals surface area contributed by atoms with Crippen molar-refractivity contribution in [3.63, 3.8) is 0 Å². The number of carbonyl (C=O) groups excluding carboxylic acids is 2. The molecule has 0 bridgehead atoms. The van der Waals surface area contributed by atoms with E-state index in [0.717, 1.165) is 50.5 Å².